The number of carbonyl (C=O) groups excluding carboxylic acids is 1. The number of aromatic nitrogens is 2. The van der Waals surface area contributed by atoms with Crippen LogP contribution in [0.15, 0.2) is 4.60 Å². The van der Waals surface area contributed by atoms with Crippen LogP contribution in [-0.2, 0) is 9.47 Å². The fourth-order valence-electron chi connectivity index (χ4n) is 2.00. The molecular weight excluding hydrogens is 300 g/mol. The number of hydrogen-bond donors (Lipinski definition) is 0. The lowest BCUT2D eigenvalue weighted by molar-refractivity contribution is -0.0411. The maximum Gasteiger partial charge on any atom is 0.359 e. The van der Waals surface area contributed by atoms with E-state index in [1.54, 1.807) is 11.6 Å². The average Bonchev–Trinajstić information content (AvgIpc) is 2.68. The minimum atomic E-state index is -0.384. The summed E-state index contributed by atoms with van der Waals surface area (Å²) >= 11 is 3.47. The molecule has 0 saturated carbocycles. The number of rotatable bonds is 3. The van der Waals surface area contributed by atoms with Crippen LogP contribution in [0.3, 0.4) is 0 Å². The zero-order valence-electron chi connectivity index (χ0n) is 10.6. The van der Waals surface area contributed by atoms with E-state index in [4.69, 9.17) is 9.47 Å². The monoisotopic (exact) mass is 316 g/mol. The van der Waals surface area contributed by atoms with Crippen LogP contribution < -0.4 is 0 Å². The highest BCUT2D eigenvalue weighted by Gasteiger charge is 2.25. The van der Waals surface area contributed by atoms with Crippen molar-refractivity contribution < 1.29 is 14.3 Å². The van der Waals surface area contributed by atoms with E-state index < -0.39 is 0 Å². The fourth-order valence-corrected chi connectivity index (χ4v) is 2.49. The summed E-state index contributed by atoms with van der Waals surface area (Å²) < 4.78 is 13.2. The molecule has 0 radical (unpaired) electrons. The lowest BCUT2D eigenvalue weighted by atomic mass is 10.2. The number of esters is 1. The lowest BCUT2D eigenvalue weighted by Gasteiger charge is -2.23. The van der Waals surface area contributed by atoms with Crippen molar-refractivity contribution in [2.24, 2.45) is 0 Å². The second-order valence-corrected chi connectivity index (χ2v) is 5.00. The van der Waals surface area contributed by atoms with Crippen molar-refractivity contribution in [1.29, 1.82) is 0 Å². The van der Waals surface area contributed by atoms with Gasteiger partial charge in [0, 0.05) is 12.2 Å². The molecule has 1 fully saturated rings. The Balaban J connectivity index is 2.26. The van der Waals surface area contributed by atoms with Crippen molar-refractivity contribution in [2.45, 2.75) is 39.3 Å². The van der Waals surface area contributed by atoms with E-state index in [1.165, 1.54) is 0 Å². The Kier molecular flexibility index (Phi) is 4.40. The first-order valence-corrected chi connectivity index (χ1v) is 6.97. The molecule has 2 heterocycles. The van der Waals surface area contributed by atoms with Crippen molar-refractivity contribution >= 4 is 21.9 Å². The Morgan fingerprint density at radius 3 is 3.00 bits per heavy atom. The van der Waals surface area contributed by atoms with Gasteiger partial charge in [-0.3, -0.25) is 0 Å². The summed E-state index contributed by atoms with van der Waals surface area (Å²) in [5, 5.41) is 4.32. The molecule has 0 bridgehead atoms. The smallest absolute Gasteiger partial charge is 0.359 e. The third-order valence-electron chi connectivity index (χ3n) is 2.97. The van der Waals surface area contributed by atoms with Crippen LogP contribution in [0.2, 0.25) is 0 Å². The van der Waals surface area contributed by atoms with Gasteiger partial charge in [0.25, 0.3) is 0 Å². The Morgan fingerprint density at radius 1 is 1.61 bits per heavy atom. The predicted octanol–water partition coefficient (Wildman–Crippen LogP) is 2.83. The van der Waals surface area contributed by atoms with Gasteiger partial charge in [0.2, 0.25) is 0 Å². The van der Waals surface area contributed by atoms with Gasteiger partial charge in [-0.1, -0.05) is 0 Å². The fraction of sp³-hybridized carbons (Fsp3) is 0.667. The summed E-state index contributed by atoms with van der Waals surface area (Å²) in [4.78, 5) is 11.8. The van der Waals surface area contributed by atoms with E-state index in [-0.39, 0.29) is 12.2 Å². The Morgan fingerprint density at radius 2 is 2.39 bits per heavy atom. The molecule has 1 aromatic rings. The molecule has 0 amide bonds. The number of carbonyl (C=O) groups is 1. The molecule has 1 aliphatic rings. The molecule has 1 aromatic heterocycles. The molecule has 0 N–H and O–H groups in total. The molecule has 1 atom stereocenters. The molecule has 1 unspecified atom stereocenters. The number of nitrogens with zero attached hydrogens (tertiary/aromatic N) is 2. The van der Waals surface area contributed by atoms with Gasteiger partial charge in [-0.05, 0) is 49.0 Å². The minimum absolute atomic E-state index is 0.0880. The summed E-state index contributed by atoms with van der Waals surface area (Å²) in [5.74, 6) is -0.384. The van der Waals surface area contributed by atoms with Gasteiger partial charge < -0.3 is 9.47 Å². The third kappa shape index (κ3) is 2.59. The van der Waals surface area contributed by atoms with Crippen molar-refractivity contribution in [3.63, 3.8) is 0 Å². The molecule has 100 valence electrons. The maximum atomic E-state index is 11.8. The van der Waals surface area contributed by atoms with E-state index in [2.05, 4.69) is 21.0 Å². The minimum Gasteiger partial charge on any atom is -0.461 e. The summed E-state index contributed by atoms with van der Waals surface area (Å²) in [6.07, 6.45) is 3.03. The summed E-state index contributed by atoms with van der Waals surface area (Å²) in [6.45, 7) is 4.72. The largest absolute Gasteiger partial charge is 0.461 e. The number of hydrogen-bond acceptors (Lipinski definition) is 4. The molecule has 0 aliphatic carbocycles. The van der Waals surface area contributed by atoms with Crippen LogP contribution in [0, 0.1) is 6.92 Å². The first kappa shape index (κ1) is 13.5. The first-order valence-electron chi connectivity index (χ1n) is 6.18. The zero-order chi connectivity index (χ0) is 13.1. The molecule has 18 heavy (non-hydrogen) atoms. The summed E-state index contributed by atoms with van der Waals surface area (Å²) in [7, 11) is 0. The molecular formula is C12H17BrN2O3. The van der Waals surface area contributed by atoms with Gasteiger partial charge >= 0.3 is 5.97 Å². The Bertz CT molecular complexity index is 439. The summed E-state index contributed by atoms with van der Waals surface area (Å²) in [6, 6.07) is 0. The maximum absolute atomic E-state index is 11.8. The van der Waals surface area contributed by atoms with Crippen LogP contribution in [0.5, 0.6) is 0 Å². The molecule has 0 spiro atoms. The van der Waals surface area contributed by atoms with Gasteiger partial charge in [0.15, 0.2) is 11.9 Å². The van der Waals surface area contributed by atoms with Gasteiger partial charge in [0.05, 0.1) is 6.61 Å². The molecule has 0 aromatic carbocycles. The summed E-state index contributed by atoms with van der Waals surface area (Å²) in [5.41, 5.74) is 1.15. The van der Waals surface area contributed by atoms with E-state index >= 15 is 0 Å². The van der Waals surface area contributed by atoms with E-state index in [1.807, 2.05) is 6.92 Å². The van der Waals surface area contributed by atoms with Gasteiger partial charge in [-0.15, -0.1) is 0 Å². The third-order valence-corrected chi connectivity index (χ3v) is 3.93. The van der Waals surface area contributed by atoms with Gasteiger partial charge in [-0.25, -0.2) is 9.48 Å². The van der Waals surface area contributed by atoms with Crippen molar-refractivity contribution in [3.05, 3.63) is 15.9 Å². The molecule has 2 rings (SSSR count). The number of halogens is 1. The van der Waals surface area contributed by atoms with Crippen molar-refractivity contribution in [1.82, 2.24) is 9.78 Å². The quantitative estimate of drug-likeness (QED) is 0.805. The molecule has 1 aliphatic heterocycles. The zero-order valence-corrected chi connectivity index (χ0v) is 12.2. The van der Waals surface area contributed by atoms with Crippen LogP contribution in [-0.4, -0.2) is 29.0 Å². The van der Waals surface area contributed by atoms with Crippen LogP contribution in [0.4, 0.5) is 0 Å². The Labute approximate surface area is 115 Å². The standard InChI is InChI=1S/C12H17BrN2O3/c1-3-17-12(16)10-8(2)11(13)15(14-10)9-6-4-5-7-18-9/h9H,3-7H2,1-2H3. The molecule has 6 heteroatoms. The first-order chi connectivity index (χ1) is 8.65. The van der Waals surface area contributed by atoms with Gasteiger partial charge in [-0.2, -0.15) is 5.10 Å². The van der Waals surface area contributed by atoms with E-state index in [0.717, 1.165) is 36.0 Å². The predicted molar refractivity (Wildman–Crippen MR) is 69.5 cm³/mol. The second-order valence-electron chi connectivity index (χ2n) is 4.25. The number of ether oxygens (including phenoxy) is 2. The van der Waals surface area contributed by atoms with Gasteiger partial charge in [0.1, 0.15) is 4.60 Å². The SMILES string of the molecule is CCOC(=O)c1nn(C2CCCCO2)c(Br)c1C. The lowest BCUT2D eigenvalue weighted by Crippen LogP contribution is -2.20. The normalized spacial score (nSPS) is 19.8. The second kappa shape index (κ2) is 5.84. The highest BCUT2D eigenvalue weighted by Crippen LogP contribution is 2.29. The molecule has 1 saturated heterocycles. The highest BCUT2D eigenvalue weighted by atomic mass is 79.9. The van der Waals surface area contributed by atoms with Crippen molar-refractivity contribution in [2.75, 3.05) is 13.2 Å². The van der Waals surface area contributed by atoms with Crippen LogP contribution in [0.25, 0.3) is 0 Å². The van der Waals surface area contributed by atoms with Crippen LogP contribution in [0.1, 0.15) is 48.5 Å². The van der Waals surface area contributed by atoms with Crippen molar-refractivity contribution in [3.8, 4) is 0 Å². The van der Waals surface area contributed by atoms with E-state index in [0.29, 0.717) is 12.3 Å². The average molecular weight is 317 g/mol. The highest BCUT2D eigenvalue weighted by molar-refractivity contribution is 9.10. The topological polar surface area (TPSA) is 53.3 Å². The van der Waals surface area contributed by atoms with E-state index in [9.17, 15) is 4.79 Å². The molecule has 5 nitrogen and oxygen atoms in total. The Hall–Kier alpha value is -0.880. The van der Waals surface area contributed by atoms with Crippen LogP contribution >= 0.6 is 15.9 Å².